The lowest BCUT2D eigenvalue weighted by molar-refractivity contribution is -0.139. The maximum atomic E-state index is 13.2. The standard InChI is InChI=1S/C20H29BN2O6.C16H23BN2O5/c1-5-15-16(29-20(3,4)23(15)18(21)26)9-12-8-13(24)6-7-14(12)17(25)22-11(2)10-28-19(22)27;1-5-11-12(24-16(3,4)19(11)14(17)21)7-6-8-13(20)18-10(2)9-23-15(18)22/h11-12,14-16H,5-10H2,1-4H3;6,8,10-12H,5,7,9H2,1-4H3/b;8-6+/t11?,12?,14?,15-,16+;10?,11-,12+/m00/s1. The van der Waals surface area contributed by atoms with Gasteiger partial charge in [-0.3, -0.25) is 24.0 Å². The molecule has 17 heteroatoms. The van der Waals surface area contributed by atoms with Crippen LogP contribution in [0.2, 0.25) is 0 Å². The molecule has 4 saturated heterocycles. The van der Waals surface area contributed by atoms with Crippen molar-refractivity contribution >= 4 is 57.1 Å². The number of nitrogens with zero attached hydrogens (tertiary/aromatic N) is 4. The maximum Gasteiger partial charge on any atom is 0.417 e. The molecule has 4 radical (unpaired) electrons. The third-order valence-electron chi connectivity index (χ3n) is 10.8. The number of ether oxygens (including phenoxy) is 4. The summed E-state index contributed by atoms with van der Waals surface area (Å²) in [5.74, 6) is -2.38. The Labute approximate surface area is 314 Å². The molecule has 0 N–H and O–H groups in total. The topological polar surface area (TPSA) is 169 Å². The Balaban J connectivity index is 0.000000241. The van der Waals surface area contributed by atoms with Crippen molar-refractivity contribution in [3.05, 3.63) is 12.2 Å². The molecule has 8 atom stereocenters. The van der Waals surface area contributed by atoms with Crippen LogP contribution in [0.25, 0.3) is 0 Å². The lowest BCUT2D eigenvalue weighted by atomic mass is 9.74. The molecule has 0 spiro atoms. The van der Waals surface area contributed by atoms with E-state index in [0.717, 1.165) is 4.90 Å². The number of hydrogen-bond donors (Lipinski definition) is 0. The van der Waals surface area contributed by atoms with E-state index in [9.17, 15) is 33.6 Å². The third kappa shape index (κ3) is 8.98. The van der Waals surface area contributed by atoms with Crippen molar-refractivity contribution in [3.63, 3.8) is 0 Å². The molecule has 288 valence electrons. The summed E-state index contributed by atoms with van der Waals surface area (Å²) >= 11 is 0. The first kappa shape index (κ1) is 42.0. The highest BCUT2D eigenvalue weighted by Gasteiger charge is 2.51. The minimum Gasteiger partial charge on any atom is -0.447 e. The minimum atomic E-state index is -0.859. The fourth-order valence-corrected chi connectivity index (χ4v) is 8.47. The summed E-state index contributed by atoms with van der Waals surface area (Å²) in [7, 11) is 11.1. The van der Waals surface area contributed by atoms with E-state index in [0.29, 0.717) is 38.5 Å². The molecule has 4 aliphatic heterocycles. The van der Waals surface area contributed by atoms with Crippen LogP contribution >= 0.6 is 0 Å². The number of imide groups is 2. The van der Waals surface area contributed by atoms with Crippen molar-refractivity contribution in [2.24, 2.45) is 11.8 Å². The van der Waals surface area contributed by atoms with E-state index in [2.05, 4.69) is 0 Å². The summed E-state index contributed by atoms with van der Waals surface area (Å²) in [5, 5.41) is 0. The van der Waals surface area contributed by atoms with Gasteiger partial charge in [0.05, 0.1) is 36.4 Å². The van der Waals surface area contributed by atoms with Gasteiger partial charge in [0, 0.05) is 18.8 Å². The Bertz CT molecular complexity index is 1490. The van der Waals surface area contributed by atoms with Crippen molar-refractivity contribution in [2.75, 3.05) is 13.2 Å². The molecule has 0 aromatic rings. The number of cyclic esters (lactones) is 2. The highest BCUT2D eigenvalue weighted by atomic mass is 16.6. The number of amides is 6. The Morgan fingerprint density at radius 3 is 1.75 bits per heavy atom. The monoisotopic (exact) mass is 738 g/mol. The van der Waals surface area contributed by atoms with Gasteiger partial charge >= 0.3 is 12.2 Å². The van der Waals surface area contributed by atoms with E-state index in [1.54, 1.807) is 52.5 Å². The largest absolute Gasteiger partial charge is 0.447 e. The Hall–Kier alpha value is -3.72. The summed E-state index contributed by atoms with van der Waals surface area (Å²) in [6, 6.07) is -0.979. The molecule has 1 saturated carbocycles. The third-order valence-corrected chi connectivity index (χ3v) is 10.8. The second kappa shape index (κ2) is 16.7. The molecule has 5 aliphatic rings. The zero-order chi connectivity index (χ0) is 39.6. The normalized spacial score (nSPS) is 32.1. The molecule has 0 aromatic carbocycles. The lowest BCUT2D eigenvalue weighted by Gasteiger charge is -2.35. The molecule has 53 heavy (non-hydrogen) atoms. The number of carbonyl (C=O) groups is 7. The molecule has 4 unspecified atom stereocenters. The average Bonchev–Trinajstić information content (AvgIpc) is 3.74. The molecule has 6 amide bonds. The number of Topliss-reactive ketones (excluding diaryl/α,β-unsaturated/α-hetero) is 1. The Morgan fingerprint density at radius 1 is 0.792 bits per heavy atom. The van der Waals surface area contributed by atoms with E-state index in [1.807, 2.05) is 13.8 Å². The van der Waals surface area contributed by atoms with E-state index in [1.165, 1.54) is 15.9 Å². The van der Waals surface area contributed by atoms with Crippen molar-refractivity contribution in [1.82, 2.24) is 19.6 Å². The van der Waals surface area contributed by atoms with Crippen LogP contribution in [0.4, 0.5) is 19.2 Å². The smallest absolute Gasteiger partial charge is 0.417 e. The minimum absolute atomic E-state index is 0.105. The van der Waals surface area contributed by atoms with E-state index < -0.39 is 47.1 Å². The van der Waals surface area contributed by atoms with Crippen LogP contribution in [0.5, 0.6) is 0 Å². The van der Waals surface area contributed by atoms with Gasteiger partial charge in [0.25, 0.3) is 5.91 Å². The first-order valence-corrected chi connectivity index (χ1v) is 18.5. The second-order valence-corrected chi connectivity index (χ2v) is 15.4. The molecule has 15 nitrogen and oxygen atoms in total. The zero-order valence-corrected chi connectivity index (χ0v) is 32.1. The van der Waals surface area contributed by atoms with Crippen molar-refractivity contribution in [3.8, 4) is 0 Å². The quantitative estimate of drug-likeness (QED) is 0.260. The van der Waals surface area contributed by atoms with Gasteiger partial charge in [-0.2, -0.15) is 0 Å². The van der Waals surface area contributed by atoms with Gasteiger partial charge < -0.3 is 28.7 Å². The molecular weight excluding hydrogens is 686 g/mol. The second-order valence-electron chi connectivity index (χ2n) is 15.4. The van der Waals surface area contributed by atoms with E-state index >= 15 is 0 Å². The first-order valence-electron chi connectivity index (χ1n) is 18.5. The van der Waals surface area contributed by atoms with Crippen molar-refractivity contribution in [1.29, 1.82) is 0 Å². The number of carbonyl (C=O) groups excluding carboxylic acids is 7. The maximum absolute atomic E-state index is 13.2. The van der Waals surface area contributed by atoms with Crippen LogP contribution < -0.4 is 0 Å². The molecule has 0 bridgehead atoms. The Morgan fingerprint density at radius 2 is 1.28 bits per heavy atom. The van der Waals surface area contributed by atoms with Gasteiger partial charge in [-0.15, -0.1) is 0 Å². The van der Waals surface area contributed by atoms with Gasteiger partial charge in [0.15, 0.2) is 11.6 Å². The molecule has 5 fully saturated rings. The molecule has 1 aliphatic carbocycles. The van der Waals surface area contributed by atoms with Gasteiger partial charge in [0.1, 0.15) is 30.4 Å². The molecular formula is C36H52B2N4O11. The average molecular weight is 738 g/mol. The SMILES string of the molecule is [B]C(=O)N1[C@@H](CC)[C@@H](C/C=C/C(=O)N2C(=O)OCC2C)OC1(C)C.[B]C(=O)N1[C@@H](CC)[C@@H](CC2CC(=O)CCC2C(=O)N2C(=O)OCC2C)OC1(C)C. The summed E-state index contributed by atoms with van der Waals surface area (Å²) < 4.78 is 21.9. The zero-order valence-electron chi connectivity index (χ0n) is 32.1. The fraction of sp³-hybridized carbons (Fsp3) is 0.750. The predicted molar refractivity (Wildman–Crippen MR) is 192 cm³/mol. The summed E-state index contributed by atoms with van der Waals surface area (Å²) in [6.45, 7) is 15.0. The highest BCUT2D eigenvalue weighted by Crippen LogP contribution is 2.41. The van der Waals surface area contributed by atoms with Crippen LogP contribution in [0.3, 0.4) is 0 Å². The van der Waals surface area contributed by atoms with Crippen molar-refractivity contribution in [2.45, 2.75) is 148 Å². The number of ketones is 1. The van der Waals surface area contributed by atoms with Crippen LogP contribution in [0, 0.1) is 11.8 Å². The Kier molecular flexibility index (Phi) is 13.3. The summed E-state index contributed by atoms with van der Waals surface area (Å²) in [6.07, 6.45) is 4.39. The van der Waals surface area contributed by atoms with Crippen LogP contribution in [-0.2, 0) is 33.3 Å². The van der Waals surface area contributed by atoms with Gasteiger partial charge in [-0.25, -0.2) is 19.4 Å². The fourth-order valence-electron chi connectivity index (χ4n) is 8.47. The number of hydrogen-bond acceptors (Lipinski definition) is 11. The highest BCUT2D eigenvalue weighted by molar-refractivity contribution is 6.57. The van der Waals surface area contributed by atoms with Gasteiger partial charge in [-0.05, 0) is 85.6 Å². The van der Waals surface area contributed by atoms with E-state index in [-0.39, 0.29) is 73.6 Å². The molecule has 0 aromatic heterocycles. The molecule has 4 heterocycles. The number of rotatable bonds is 8. The molecule has 5 rings (SSSR count). The van der Waals surface area contributed by atoms with Crippen LogP contribution in [-0.4, -0.2) is 138 Å². The first-order chi connectivity index (χ1) is 24.7. The van der Waals surface area contributed by atoms with E-state index in [4.69, 9.17) is 34.6 Å². The summed E-state index contributed by atoms with van der Waals surface area (Å²) in [4.78, 5) is 90.0. The lowest BCUT2D eigenvalue weighted by Crippen LogP contribution is -2.48. The van der Waals surface area contributed by atoms with Crippen LogP contribution in [0.1, 0.15) is 100 Å². The predicted octanol–water partition coefficient (Wildman–Crippen LogP) is 4.04. The van der Waals surface area contributed by atoms with Crippen molar-refractivity contribution < 1.29 is 52.5 Å². The van der Waals surface area contributed by atoms with Gasteiger partial charge in [-0.1, -0.05) is 19.9 Å². The summed E-state index contributed by atoms with van der Waals surface area (Å²) in [5.41, 5.74) is -1.65. The van der Waals surface area contributed by atoms with Gasteiger partial charge in [0.2, 0.25) is 21.6 Å². The van der Waals surface area contributed by atoms with Crippen LogP contribution in [0.15, 0.2) is 12.2 Å².